The van der Waals surface area contributed by atoms with Crippen LogP contribution in [0, 0.1) is 5.82 Å². The number of benzene rings is 1. The Morgan fingerprint density at radius 3 is 2.81 bits per heavy atom. The molecule has 0 bridgehead atoms. The molecule has 0 atom stereocenters. The van der Waals surface area contributed by atoms with Crippen LogP contribution in [0.1, 0.15) is 11.1 Å². The van der Waals surface area contributed by atoms with Gasteiger partial charge < -0.3 is 14.1 Å². The summed E-state index contributed by atoms with van der Waals surface area (Å²) < 4.78 is 23.9. The molecule has 0 amide bonds. The number of fused-ring (bicyclic) bond motifs is 1. The van der Waals surface area contributed by atoms with Crippen molar-refractivity contribution >= 4 is 11.1 Å². The summed E-state index contributed by atoms with van der Waals surface area (Å²) in [6, 6.07) is 7.15. The summed E-state index contributed by atoms with van der Waals surface area (Å²) in [6.45, 7) is 0.944. The fourth-order valence-electron chi connectivity index (χ4n) is 2.53. The van der Waals surface area contributed by atoms with E-state index in [1.807, 2.05) is 19.0 Å². The molecule has 136 valence electrons. The normalized spacial score (nSPS) is 11.2. The Labute approximate surface area is 148 Å². The highest BCUT2D eigenvalue weighted by atomic mass is 19.1. The first kappa shape index (κ1) is 17.8. The predicted molar refractivity (Wildman–Crippen MR) is 94.2 cm³/mol. The maximum absolute atomic E-state index is 13.4. The van der Waals surface area contributed by atoms with E-state index in [4.69, 9.17) is 9.15 Å². The van der Waals surface area contributed by atoms with E-state index in [1.54, 1.807) is 12.1 Å². The second kappa shape index (κ2) is 7.49. The number of aromatic nitrogens is 2. The van der Waals surface area contributed by atoms with Crippen LogP contribution in [0.5, 0.6) is 6.01 Å². The van der Waals surface area contributed by atoms with Gasteiger partial charge in [-0.05, 0) is 43.8 Å². The molecular formula is C18H18FN3O4. The highest BCUT2D eigenvalue weighted by Crippen LogP contribution is 2.17. The predicted octanol–water partition coefficient (Wildman–Crippen LogP) is 1.55. The van der Waals surface area contributed by atoms with Gasteiger partial charge in [-0.1, -0.05) is 12.1 Å². The molecule has 0 spiro atoms. The first-order valence-electron chi connectivity index (χ1n) is 8.01. The van der Waals surface area contributed by atoms with E-state index in [2.05, 4.69) is 9.97 Å². The Balaban J connectivity index is 1.99. The zero-order valence-electron chi connectivity index (χ0n) is 14.4. The first-order chi connectivity index (χ1) is 12.4. The molecule has 2 heterocycles. The molecule has 7 nitrogen and oxygen atoms in total. The molecule has 3 rings (SSSR count). The Bertz CT molecular complexity index is 1040. The van der Waals surface area contributed by atoms with Crippen LogP contribution < -0.4 is 15.9 Å². The molecule has 0 saturated heterocycles. The Morgan fingerprint density at radius 2 is 2.08 bits per heavy atom. The lowest BCUT2D eigenvalue weighted by Gasteiger charge is -2.10. The number of rotatable bonds is 6. The van der Waals surface area contributed by atoms with E-state index < -0.39 is 17.0 Å². The maximum Gasteiger partial charge on any atom is 0.337 e. The van der Waals surface area contributed by atoms with Crippen molar-refractivity contribution in [2.75, 3.05) is 27.2 Å². The zero-order valence-corrected chi connectivity index (χ0v) is 14.4. The van der Waals surface area contributed by atoms with E-state index in [1.165, 1.54) is 18.2 Å². The van der Waals surface area contributed by atoms with Gasteiger partial charge in [0.2, 0.25) is 5.71 Å². The van der Waals surface area contributed by atoms with Crippen LogP contribution in [0.3, 0.4) is 0 Å². The molecule has 26 heavy (non-hydrogen) atoms. The molecule has 0 radical (unpaired) electrons. The molecule has 0 aliphatic rings. The summed E-state index contributed by atoms with van der Waals surface area (Å²) in [5.74, 6) is -0.390. The van der Waals surface area contributed by atoms with Crippen molar-refractivity contribution in [2.45, 2.75) is 6.42 Å². The van der Waals surface area contributed by atoms with E-state index in [9.17, 15) is 14.0 Å². The number of nitrogens with one attached hydrogen (secondary N) is 1. The van der Waals surface area contributed by atoms with Gasteiger partial charge in [0, 0.05) is 12.6 Å². The van der Waals surface area contributed by atoms with Gasteiger partial charge in [0.25, 0.3) is 11.6 Å². The van der Waals surface area contributed by atoms with Crippen LogP contribution in [-0.2, 0) is 6.42 Å². The van der Waals surface area contributed by atoms with E-state index >= 15 is 0 Å². The average Bonchev–Trinajstić information content (AvgIpc) is 2.53. The second-order valence-electron chi connectivity index (χ2n) is 6.10. The summed E-state index contributed by atoms with van der Waals surface area (Å²) >= 11 is 0. The summed E-state index contributed by atoms with van der Waals surface area (Å²) in [4.78, 5) is 32.8. The van der Waals surface area contributed by atoms with Gasteiger partial charge >= 0.3 is 5.63 Å². The summed E-state index contributed by atoms with van der Waals surface area (Å²) in [7, 11) is 3.77. The number of halogens is 1. The number of nitrogens with zero attached hydrogens (tertiary/aromatic N) is 2. The lowest BCUT2D eigenvalue weighted by atomic mass is 10.0. The Morgan fingerprint density at radius 1 is 1.27 bits per heavy atom. The van der Waals surface area contributed by atoms with Gasteiger partial charge in [-0.3, -0.25) is 9.78 Å². The van der Waals surface area contributed by atoms with Crippen molar-refractivity contribution in [1.29, 1.82) is 0 Å². The number of likely N-dealkylation sites (N-methyl/N-ethyl adjacent to an activating group) is 1. The molecule has 0 aliphatic heterocycles. The average molecular weight is 359 g/mol. The van der Waals surface area contributed by atoms with Crippen LogP contribution in [0.4, 0.5) is 4.39 Å². The molecule has 0 aliphatic carbocycles. The third-order valence-corrected chi connectivity index (χ3v) is 3.74. The van der Waals surface area contributed by atoms with Crippen molar-refractivity contribution in [3.8, 4) is 6.01 Å². The van der Waals surface area contributed by atoms with Crippen LogP contribution in [0.25, 0.3) is 11.1 Å². The maximum atomic E-state index is 13.4. The van der Waals surface area contributed by atoms with Crippen molar-refractivity contribution in [3.05, 3.63) is 68.0 Å². The fourth-order valence-corrected chi connectivity index (χ4v) is 2.53. The SMILES string of the molecule is CN(C)CCOc1nc2oc(=O)cc(Cc3cccc(F)c3)c2c(=O)[nH]1. The molecular weight excluding hydrogens is 341 g/mol. The van der Waals surface area contributed by atoms with Crippen LogP contribution in [-0.4, -0.2) is 42.1 Å². The molecule has 1 N–H and O–H groups in total. The fraction of sp³-hybridized carbons (Fsp3) is 0.278. The van der Waals surface area contributed by atoms with Gasteiger partial charge in [-0.25, -0.2) is 9.18 Å². The molecule has 2 aromatic heterocycles. The number of hydrogen-bond donors (Lipinski definition) is 1. The molecule has 0 fully saturated rings. The third kappa shape index (κ3) is 4.15. The first-order valence-corrected chi connectivity index (χ1v) is 8.01. The van der Waals surface area contributed by atoms with Crippen molar-refractivity contribution in [3.63, 3.8) is 0 Å². The standard InChI is InChI=1S/C18H18FN3O4/c1-22(2)6-7-25-18-20-16(24)15-12(10-14(23)26-17(15)21-18)8-11-4-3-5-13(19)9-11/h3-5,9-10H,6-8H2,1-2H3,(H,20,21,24). The Hall–Kier alpha value is -3.00. The Kier molecular flexibility index (Phi) is 5.13. The van der Waals surface area contributed by atoms with Crippen molar-refractivity contribution < 1.29 is 13.5 Å². The van der Waals surface area contributed by atoms with E-state index in [0.29, 0.717) is 24.3 Å². The smallest absolute Gasteiger partial charge is 0.337 e. The number of hydrogen-bond acceptors (Lipinski definition) is 6. The minimum absolute atomic E-state index is 0.0181. The van der Waals surface area contributed by atoms with Crippen molar-refractivity contribution in [1.82, 2.24) is 14.9 Å². The van der Waals surface area contributed by atoms with E-state index in [-0.39, 0.29) is 23.5 Å². The lowest BCUT2D eigenvalue weighted by Crippen LogP contribution is -2.21. The zero-order chi connectivity index (χ0) is 18.7. The van der Waals surface area contributed by atoms with Gasteiger partial charge in [0.15, 0.2) is 0 Å². The molecule has 0 saturated carbocycles. The second-order valence-corrected chi connectivity index (χ2v) is 6.10. The monoisotopic (exact) mass is 359 g/mol. The van der Waals surface area contributed by atoms with Gasteiger partial charge in [-0.15, -0.1) is 0 Å². The van der Waals surface area contributed by atoms with Gasteiger partial charge in [0.1, 0.15) is 17.8 Å². The van der Waals surface area contributed by atoms with Crippen molar-refractivity contribution in [2.24, 2.45) is 0 Å². The topological polar surface area (TPSA) is 88.4 Å². The molecule has 3 aromatic rings. The third-order valence-electron chi connectivity index (χ3n) is 3.74. The van der Waals surface area contributed by atoms with Gasteiger partial charge in [0.05, 0.1) is 0 Å². The molecule has 0 unspecified atom stereocenters. The molecule has 1 aromatic carbocycles. The minimum Gasteiger partial charge on any atom is -0.463 e. The van der Waals surface area contributed by atoms with Crippen LogP contribution in [0.15, 0.2) is 44.3 Å². The largest absolute Gasteiger partial charge is 0.463 e. The van der Waals surface area contributed by atoms with Crippen LogP contribution in [0.2, 0.25) is 0 Å². The summed E-state index contributed by atoms with van der Waals surface area (Å²) in [5, 5.41) is 0.147. The van der Waals surface area contributed by atoms with Gasteiger partial charge in [-0.2, -0.15) is 4.98 Å². The summed E-state index contributed by atoms with van der Waals surface area (Å²) in [5.41, 5.74) is -0.184. The number of H-pyrrole nitrogens is 1. The highest BCUT2D eigenvalue weighted by Gasteiger charge is 2.14. The molecule has 8 heteroatoms. The summed E-state index contributed by atoms with van der Waals surface area (Å²) in [6.07, 6.45) is 0.200. The minimum atomic E-state index is -0.638. The number of ether oxygens (including phenoxy) is 1. The highest BCUT2D eigenvalue weighted by molar-refractivity contribution is 5.76. The number of aromatic amines is 1. The van der Waals surface area contributed by atoms with E-state index in [0.717, 1.165) is 0 Å². The lowest BCUT2D eigenvalue weighted by molar-refractivity contribution is 0.245. The quantitative estimate of drug-likeness (QED) is 0.718. The van der Waals surface area contributed by atoms with Crippen LogP contribution >= 0.6 is 0 Å².